The number of aromatic hydroxyl groups is 1. The number of alkyl carbamates (subject to hydrolysis) is 1. The fourth-order valence-electron chi connectivity index (χ4n) is 4.39. The van der Waals surface area contributed by atoms with E-state index in [0.29, 0.717) is 24.5 Å². The highest BCUT2D eigenvalue weighted by Gasteiger charge is 2.35. The average Bonchev–Trinajstić information content (AvgIpc) is 3.27. The van der Waals surface area contributed by atoms with Crippen LogP contribution in [0.1, 0.15) is 87.2 Å². The minimum absolute atomic E-state index is 0.204. The van der Waals surface area contributed by atoms with E-state index in [2.05, 4.69) is 30.0 Å². The van der Waals surface area contributed by atoms with Crippen molar-refractivity contribution in [3.05, 3.63) is 75.7 Å². The molecule has 3 rings (SSSR count). The summed E-state index contributed by atoms with van der Waals surface area (Å²) in [5.74, 6) is 0.422. The molecule has 1 aromatic carbocycles. The highest BCUT2D eigenvalue weighted by molar-refractivity contribution is 6.02. The van der Waals surface area contributed by atoms with Gasteiger partial charge in [-0.3, -0.25) is 10.1 Å². The highest BCUT2D eigenvalue weighted by atomic mass is 16.5. The van der Waals surface area contributed by atoms with Gasteiger partial charge in [-0.05, 0) is 49.3 Å². The van der Waals surface area contributed by atoms with Gasteiger partial charge in [-0.15, -0.1) is 0 Å². The summed E-state index contributed by atoms with van der Waals surface area (Å²) in [6.07, 6.45) is 6.15. The quantitative estimate of drug-likeness (QED) is 0.242. The number of amides is 1. The third-order valence-corrected chi connectivity index (χ3v) is 6.81. The van der Waals surface area contributed by atoms with E-state index in [4.69, 9.17) is 8.83 Å². The number of furan rings is 1. The molecule has 0 bridgehead atoms. The number of nitrogens with one attached hydrogen (secondary N) is 1. The van der Waals surface area contributed by atoms with Gasteiger partial charge in [0.05, 0.1) is 7.11 Å². The molecule has 8 nitrogen and oxygen atoms in total. The number of hydrogen-bond acceptors (Lipinski definition) is 7. The number of ketones is 1. The molecule has 0 aliphatic carbocycles. The molecule has 0 fully saturated rings. The van der Waals surface area contributed by atoms with Gasteiger partial charge in [0, 0.05) is 35.4 Å². The minimum atomic E-state index is -1.02. The van der Waals surface area contributed by atoms with Crippen molar-refractivity contribution in [2.45, 2.75) is 72.6 Å². The van der Waals surface area contributed by atoms with Gasteiger partial charge >= 0.3 is 11.7 Å². The van der Waals surface area contributed by atoms with E-state index in [1.807, 2.05) is 25.1 Å². The van der Waals surface area contributed by atoms with Crippen molar-refractivity contribution in [2.24, 2.45) is 11.3 Å². The molecule has 39 heavy (non-hydrogen) atoms. The van der Waals surface area contributed by atoms with Crippen LogP contribution in [0.15, 0.2) is 56.2 Å². The van der Waals surface area contributed by atoms with Crippen LogP contribution >= 0.6 is 0 Å². The van der Waals surface area contributed by atoms with Crippen molar-refractivity contribution in [3.8, 4) is 5.75 Å². The highest BCUT2D eigenvalue weighted by Crippen LogP contribution is 2.33. The number of carbonyl (C=O) groups is 2. The second-order valence-corrected chi connectivity index (χ2v) is 11.1. The zero-order valence-corrected chi connectivity index (χ0v) is 23.6. The van der Waals surface area contributed by atoms with E-state index in [9.17, 15) is 19.5 Å². The SMILES string of the molecule is COC(=O)N/C=C/CCC(C)c1cc(O)c(C(=O)C(C)(C)Cc2cc3ccc(CCC(C)C)cc3o2)c(=O)o1. The second-order valence-electron chi connectivity index (χ2n) is 11.1. The van der Waals surface area contributed by atoms with Gasteiger partial charge in [-0.2, -0.15) is 0 Å². The van der Waals surface area contributed by atoms with Crippen molar-refractivity contribution < 1.29 is 28.3 Å². The van der Waals surface area contributed by atoms with Crippen molar-refractivity contribution >= 4 is 22.8 Å². The fourth-order valence-corrected chi connectivity index (χ4v) is 4.39. The molecule has 0 radical (unpaired) electrons. The van der Waals surface area contributed by atoms with Crippen LogP contribution in [0, 0.1) is 11.3 Å². The number of allylic oxidation sites excluding steroid dienone is 1. The first-order valence-electron chi connectivity index (χ1n) is 13.3. The topological polar surface area (TPSA) is 119 Å². The Balaban J connectivity index is 1.71. The molecule has 210 valence electrons. The molecule has 3 aromatic rings. The number of hydrogen-bond donors (Lipinski definition) is 2. The Morgan fingerprint density at radius 2 is 1.85 bits per heavy atom. The van der Waals surface area contributed by atoms with Crippen LogP contribution in [-0.2, 0) is 17.6 Å². The standard InChI is InChI=1S/C31H39NO7/c1-19(2)10-11-21-12-13-22-16-23(38-26(22)15-21)18-31(4,5)28(34)27-24(33)17-25(39-29(27)35)20(3)9-7-8-14-32-30(36)37-6/h8,12-17,19-20,33H,7,9-11,18H2,1-6H3,(H,32,36)/b14-8+. The minimum Gasteiger partial charge on any atom is -0.507 e. The maximum Gasteiger partial charge on any atom is 0.410 e. The van der Waals surface area contributed by atoms with Crippen molar-refractivity contribution in [1.29, 1.82) is 0 Å². The Labute approximate surface area is 229 Å². The summed E-state index contributed by atoms with van der Waals surface area (Å²) in [5, 5.41) is 14.1. The molecule has 1 atom stereocenters. The Kier molecular flexibility index (Phi) is 9.78. The zero-order chi connectivity index (χ0) is 28.7. The summed E-state index contributed by atoms with van der Waals surface area (Å²) in [6.45, 7) is 9.69. The Morgan fingerprint density at radius 1 is 1.10 bits per heavy atom. The fraction of sp³-hybridized carbons (Fsp3) is 0.452. The third-order valence-electron chi connectivity index (χ3n) is 6.81. The Morgan fingerprint density at radius 3 is 2.51 bits per heavy atom. The first-order chi connectivity index (χ1) is 18.4. The molecule has 1 unspecified atom stereocenters. The molecular weight excluding hydrogens is 498 g/mol. The molecule has 0 saturated heterocycles. The first-order valence-corrected chi connectivity index (χ1v) is 13.3. The van der Waals surface area contributed by atoms with Gasteiger partial charge < -0.3 is 18.7 Å². The monoisotopic (exact) mass is 537 g/mol. The van der Waals surface area contributed by atoms with E-state index in [-0.39, 0.29) is 23.7 Å². The van der Waals surface area contributed by atoms with Gasteiger partial charge in [-0.25, -0.2) is 9.59 Å². The number of carbonyl (C=O) groups excluding carboxylic acids is 2. The Bertz CT molecular complexity index is 1390. The van der Waals surface area contributed by atoms with Crippen LogP contribution in [-0.4, -0.2) is 24.1 Å². The second kappa shape index (κ2) is 12.8. The lowest BCUT2D eigenvalue weighted by molar-refractivity contribution is 0.0822. The van der Waals surface area contributed by atoms with Gasteiger partial charge in [0.15, 0.2) is 5.78 Å². The van der Waals surface area contributed by atoms with Crippen LogP contribution in [0.5, 0.6) is 5.75 Å². The number of fused-ring (bicyclic) bond motifs is 1. The van der Waals surface area contributed by atoms with Crippen LogP contribution in [0.3, 0.4) is 0 Å². The first kappa shape index (κ1) is 29.7. The van der Waals surface area contributed by atoms with Gasteiger partial charge in [-0.1, -0.05) is 52.8 Å². The zero-order valence-electron chi connectivity index (χ0n) is 23.6. The molecular formula is C31H39NO7. The molecule has 0 spiro atoms. The smallest absolute Gasteiger partial charge is 0.410 e. The number of ether oxygens (including phenoxy) is 1. The molecule has 0 saturated carbocycles. The van der Waals surface area contributed by atoms with Crippen LogP contribution in [0.2, 0.25) is 0 Å². The number of benzene rings is 1. The van der Waals surface area contributed by atoms with Crippen LogP contribution in [0.25, 0.3) is 11.0 Å². The van der Waals surface area contributed by atoms with Gasteiger partial charge in [0.1, 0.15) is 28.4 Å². The van der Waals surface area contributed by atoms with Crippen LogP contribution < -0.4 is 10.9 Å². The maximum absolute atomic E-state index is 13.4. The van der Waals surface area contributed by atoms with Crippen molar-refractivity contribution in [1.82, 2.24) is 5.32 Å². The number of rotatable bonds is 12. The molecule has 0 aliphatic rings. The average molecular weight is 538 g/mol. The van der Waals surface area contributed by atoms with Gasteiger partial charge in [0.25, 0.3) is 0 Å². The molecule has 8 heteroatoms. The van der Waals surface area contributed by atoms with Gasteiger partial charge in [0.2, 0.25) is 0 Å². The molecule has 2 heterocycles. The summed E-state index contributed by atoms with van der Waals surface area (Å²) >= 11 is 0. The number of methoxy groups -OCH3 is 1. The van der Waals surface area contributed by atoms with Crippen molar-refractivity contribution in [2.75, 3.05) is 7.11 Å². The normalized spacial score (nSPS) is 12.8. The van der Waals surface area contributed by atoms with E-state index in [1.165, 1.54) is 24.9 Å². The summed E-state index contributed by atoms with van der Waals surface area (Å²) in [7, 11) is 1.28. The summed E-state index contributed by atoms with van der Waals surface area (Å²) < 4.78 is 16.0. The lowest BCUT2D eigenvalue weighted by Crippen LogP contribution is -2.31. The van der Waals surface area contributed by atoms with E-state index < -0.39 is 28.7 Å². The third kappa shape index (κ3) is 7.85. The maximum atomic E-state index is 13.4. The van der Waals surface area contributed by atoms with E-state index in [0.717, 1.165) is 23.8 Å². The lowest BCUT2D eigenvalue weighted by atomic mass is 9.80. The number of Topliss-reactive ketones (excluding diaryl/α,β-unsaturated/α-hetero) is 1. The van der Waals surface area contributed by atoms with E-state index in [1.54, 1.807) is 19.9 Å². The van der Waals surface area contributed by atoms with Crippen LogP contribution in [0.4, 0.5) is 4.79 Å². The Hall–Kier alpha value is -3.81. The largest absolute Gasteiger partial charge is 0.507 e. The molecule has 2 aromatic heterocycles. The summed E-state index contributed by atoms with van der Waals surface area (Å²) in [6, 6.07) is 9.42. The summed E-state index contributed by atoms with van der Waals surface area (Å²) in [5.41, 5.74) is -0.267. The summed E-state index contributed by atoms with van der Waals surface area (Å²) in [4.78, 5) is 37.3. The van der Waals surface area contributed by atoms with Crippen molar-refractivity contribution in [3.63, 3.8) is 0 Å². The van der Waals surface area contributed by atoms with E-state index >= 15 is 0 Å². The molecule has 1 amide bonds. The lowest BCUT2D eigenvalue weighted by Gasteiger charge is -2.22. The predicted molar refractivity (Wildman–Crippen MR) is 150 cm³/mol. The molecule has 0 aliphatic heterocycles. The predicted octanol–water partition coefficient (Wildman–Crippen LogP) is 6.89. The molecule has 2 N–H and O–H groups in total. The number of aryl methyl sites for hydroxylation is 1.